The van der Waals surface area contributed by atoms with Crippen LogP contribution in [-0.4, -0.2) is 52.1 Å². The number of halogens is 1. The van der Waals surface area contributed by atoms with Crippen LogP contribution in [0.25, 0.3) is 0 Å². The standard InChI is InChI=1S/C19H23FN2O3S/c1-16-5-2-3-8-19(16)25-14-13-21-9-11-22(12-10-21)26(23,24)18-7-4-6-17(20)15-18/h2-8,15H,9-14H2,1H3/p+1. The van der Waals surface area contributed by atoms with E-state index in [1.54, 1.807) is 0 Å². The summed E-state index contributed by atoms with van der Waals surface area (Å²) in [6.07, 6.45) is 0. The van der Waals surface area contributed by atoms with Gasteiger partial charge in [0.2, 0.25) is 10.0 Å². The Balaban J connectivity index is 1.50. The number of hydrogen-bond donors (Lipinski definition) is 1. The van der Waals surface area contributed by atoms with E-state index in [1.165, 1.54) is 27.4 Å². The van der Waals surface area contributed by atoms with Gasteiger partial charge in [-0.25, -0.2) is 12.8 Å². The SMILES string of the molecule is Cc1ccccc1OCC[NH+]1CCN(S(=O)(=O)c2cccc(F)c2)CC1. The second-order valence-corrected chi connectivity index (χ2v) is 8.41. The average molecular weight is 379 g/mol. The van der Waals surface area contributed by atoms with Crippen LogP contribution >= 0.6 is 0 Å². The van der Waals surface area contributed by atoms with E-state index in [2.05, 4.69) is 0 Å². The van der Waals surface area contributed by atoms with Crippen molar-refractivity contribution in [1.29, 1.82) is 0 Å². The van der Waals surface area contributed by atoms with Crippen molar-refractivity contribution in [3.05, 3.63) is 59.9 Å². The molecule has 3 rings (SSSR count). The highest BCUT2D eigenvalue weighted by Gasteiger charge is 2.30. The molecule has 1 heterocycles. The van der Waals surface area contributed by atoms with E-state index in [0.29, 0.717) is 32.8 Å². The number of nitrogens with zero attached hydrogens (tertiary/aromatic N) is 1. The molecule has 0 saturated carbocycles. The van der Waals surface area contributed by atoms with Crippen LogP contribution in [0.4, 0.5) is 4.39 Å². The van der Waals surface area contributed by atoms with Gasteiger partial charge < -0.3 is 9.64 Å². The fourth-order valence-corrected chi connectivity index (χ4v) is 4.57. The summed E-state index contributed by atoms with van der Waals surface area (Å²) in [5.74, 6) is 0.350. The van der Waals surface area contributed by atoms with E-state index >= 15 is 0 Å². The predicted octanol–water partition coefficient (Wildman–Crippen LogP) is 1.10. The molecule has 0 atom stereocenters. The number of nitrogens with one attached hydrogen (secondary N) is 1. The molecule has 26 heavy (non-hydrogen) atoms. The van der Waals surface area contributed by atoms with Gasteiger partial charge >= 0.3 is 0 Å². The number of sulfonamides is 1. The fourth-order valence-electron chi connectivity index (χ4n) is 3.09. The highest BCUT2D eigenvalue weighted by molar-refractivity contribution is 7.89. The summed E-state index contributed by atoms with van der Waals surface area (Å²) in [5.41, 5.74) is 1.11. The van der Waals surface area contributed by atoms with Crippen LogP contribution < -0.4 is 9.64 Å². The number of hydrogen-bond acceptors (Lipinski definition) is 3. The Morgan fingerprint density at radius 3 is 2.54 bits per heavy atom. The lowest BCUT2D eigenvalue weighted by molar-refractivity contribution is -0.903. The van der Waals surface area contributed by atoms with Gasteiger partial charge in [-0.05, 0) is 36.8 Å². The third kappa shape index (κ3) is 4.41. The summed E-state index contributed by atoms with van der Waals surface area (Å²) in [5, 5.41) is 0. The second-order valence-electron chi connectivity index (χ2n) is 6.48. The minimum absolute atomic E-state index is 0.0174. The van der Waals surface area contributed by atoms with E-state index in [0.717, 1.165) is 23.9 Å². The maximum absolute atomic E-state index is 13.3. The Kier molecular flexibility index (Phi) is 5.90. The van der Waals surface area contributed by atoms with Crippen LogP contribution in [0.15, 0.2) is 53.4 Å². The monoisotopic (exact) mass is 379 g/mol. The number of ether oxygens (including phenoxy) is 1. The van der Waals surface area contributed by atoms with E-state index < -0.39 is 15.8 Å². The minimum Gasteiger partial charge on any atom is -0.487 e. The zero-order chi connectivity index (χ0) is 18.6. The fraction of sp³-hybridized carbons (Fsp3) is 0.368. The first-order chi connectivity index (χ1) is 12.5. The third-order valence-electron chi connectivity index (χ3n) is 4.67. The maximum atomic E-state index is 13.3. The van der Waals surface area contributed by atoms with Gasteiger partial charge in [0.1, 0.15) is 24.7 Å². The molecule has 0 spiro atoms. The van der Waals surface area contributed by atoms with Gasteiger partial charge in [-0.2, -0.15) is 4.31 Å². The molecule has 1 fully saturated rings. The molecule has 0 bridgehead atoms. The van der Waals surface area contributed by atoms with E-state index in [9.17, 15) is 12.8 Å². The summed E-state index contributed by atoms with van der Waals surface area (Å²) in [6, 6.07) is 13.1. The molecule has 2 aromatic rings. The van der Waals surface area contributed by atoms with Crippen LogP contribution in [0.5, 0.6) is 5.75 Å². The van der Waals surface area contributed by atoms with Gasteiger partial charge in [-0.3, -0.25) is 0 Å². The molecule has 0 unspecified atom stereocenters. The lowest BCUT2D eigenvalue weighted by Gasteiger charge is -2.31. The Morgan fingerprint density at radius 1 is 1.12 bits per heavy atom. The Hall–Kier alpha value is -1.96. The van der Waals surface area contributed by atoms with Gasteiger partial charge in [-0.1, -0.05) is 24.3 Å². The molecule has 1 aliphatic heterocycles. The quantitative estimate of drug-likeness (QED) is 0.818. The van der Waals surface area contributed by atoms with E-state index in [4.69, 9.17) is 4.74 Å². The number of benzene rings is 2. The minimum atomic E-state index is -3.63. The first-order valence-electron chi connectivity index (χ1n) is 8.74. The van der Waals surface area contributed by atoms with Crippen molar-refractivity contribution in [3.8, 4) is 5.75 Å². The van der Waals surface area contributed by atoms with Crippen molar-refractivity contribution in [1.82, 2.24) is 4.31 Å². The van der Waals surface area contributed by atoms with Gasteiger partial charge in [-0.15, -0.1) is 0 Å². The smallest absolute Gasteiger partial charge is 0.243 e. The largest absolute Gasteiger partial charge is 0.487 e. The topological polar surface area (TPSA) is 51.1 Å². The first-order valence-corrected chi connectivity index (χ1v) is 10.2. The van der Waals surface area contributed by atoms with Crippen molar-refractivity contribution in [2.45, 2.75) is 11.8 Å². The second kappa shape index (κ2) is 8.16. The molecule has 1 saturated heterocycles. The molecule has 0 radical (unpaired) electrons. The van der Waals surface area contributed by atoms with Gasteiger partial charge in [0, 0.05) is 0 Å². The number of quaternary nitrogens is 1. The Labute approximate surface area is 154 Å². The zero-order valence-electron chi connectivity index (χ0n) is 14.8. The lowest BCUT2D eigenvalue weighted by Crippen LogP contribution is -3.15. The van der Waals surface area contributed by atoms with Crippen molar-refractivity contribution in [3.63, 3.8) is 0 Å². The van der Waals surface area contributed by atoms with Crippen molar-refractivity contribution >= 4 is 10.0 Å². The Morgan fingerprint density at radius 2 is 1.85 bits per heavy atom. The Bertz CT molecular complexity index is 849. The molecule has 140 valence electrons. The molecule has 0 aromatic heterocycles. The van der Waals surface area contributed by atoms with Crippen molar-refractivity contribution in [2.24, 2.45) is 0 Å². The molecule has 0 amide bonds. The number of piperazine rings is 1. The summed E-state index contributed by atoms with van der Waals surface area (Å²) < 4.78 is 45.8. The number of rotatable bonds is 6. The van der Waals surface area contributed by atoms with Crippen LogP contribution in [-0.2, 0) is 10.0 Å². The average Bonchev–Trinajstić information content (AvgIpc) is 2.64. The summed E-state index contributed by atoms with van der Waals surface area (Å²) in [4.78, 5) is 1.33. The highest BCUT2D eigenvalue weighted by Crippen LogP contribution is 2.17. The van der Waals surface area contributed by atoms with E-state index in [-0.39, 0.29) is 4.90 Å². The van der Waals surface area contributed by atoms with Crippen molar-refractivity contribution in [2.75, 3.05) is 39.3 Å². The summed E-state index contributed by atoms with van der Waals surface area (Å²) in [6.45, 7) is 5.71. The van der Waals surface area contributed by atoms with Crippen LogP contribution in [0.2, 0.25) is 0 Å². The molecule has 1 aliphatic rings. The summed E-state index contributed by atoms with van der Waals surface area (Å²) in [7, 11) is -3.63. The predicted molar refractivity (Wildman–Crippen MR) is 97.4 cm³/mol. The molecule has 1 N–H and O–H groups in total. The van der Waals surface area contributed by atoms with Gasteiger partial charge in [0.25, 0.3) is 0 Å². The van der Waals surface area contributed by atoms with Gasteiger partial charge in [0.05, 0.1) is 31.1 Å². The van der Waals surface area contributed by atoms with Gasteiger partial charge in [0.15, 0.2) is 0 Å². The number of para-hydroxylation sites is 1. The molecule has 5 nitrogen and oxygen atoms in total. The molecule has 7 heteroatoms. The normalized spacial score (nSPS) is 16.5. The lowest BCUT2D eigenvalue weighted by atomic mass is 10.2. The van der Waals surface area contributed by atoms with Crippen LogP contribution in [0.3, 0.4) is 0 Å². The molecular formula is C19H24FN2O3S+. The third-order valence-corrected chi connectivity index (χ3v) is 6.56. The summed E-state index contributed by atoms with van der Waals surface area (Å²) >= 11 is 0. The molecule has 0 aliphatic carbocycles. The molecule has 2 aromatic carbocycles. The van der Waals surface area contributed by atoms with Crippen molar-refractivity contribution < 1.29 is 22.4 Å². The maximum Gasteiger partial charge on any atom is 0.243 e. The van der Waals surface area contributed by atoms with Crippen LogP contribution in [0, 0.1) is 12.7 Å². The number of aryl methyl sites for hydroxylation is 1. The zero-order valence-corrected chi connectivity index (χ0v) is 15.6. The first kappa shape index (κ1) is 18.8. The highest BCUT2D eigenvalue weighted by atomic mass is 32.2. The molecular weight excluding hydrogens is 355 g/mol. The van der Waals surface area contributed by atoms with E-state index in [1.807, 2.05) is 31.2 Å². The van der Waals surface area contributed by atoms with Crippen LogP contribution in [0.1, 0.15) is 5.56 Å².